The first-order valence-corrected chi connectivity index (χ1v) is 4.12. The fraction of sp³-hybridized carbons (Fsp3) is 1.00. The molecule has 3 aliphatic rings. The molecule has 3 rings (SSSR count). The smallest absolute Gasteiger partial charge is 0.0715 e. The van der Waals surface area contributed by atoms with Crippen molar-refractivity contribution >= 4 is 0 Å². The first-order chi connectivity index (χ1) is 4.85. The molecule has 3 aliphatic heterocycles. The number of nitrogens with zero attached hydrogens (tertiary/aromatic N) is 1. The molecule has 2 heteroatoms. The molecule has 0 saturated carbocycles. The fourth-order valence-electron chi connectivity index (χ4n) is 2.10. The van der Waals surface area contributed by atoms with Gasteiger partial charge in [0.2, 0.25) is 0 Å². The molecule has 0 atom stereocenters. The van der Waals surface area contributed by atoms with E-state index in [4.69, 9.17) is 4.74 Å². The topological polar surface area (TPSA) is 12.5 Å². The van der Waals surface area contributed by atoms with E-state index < -0.39 is 0 Å². The zero-order chi connectivity index (χ0) is 7.03. The normalized spacial score (nSPS) is 45.9. The van der Waals surface area contributed by atoms with Crippen LogP contribution in [0.5, 0.6) is 0 Å². The first kappa shape index (κ1) is 6.62. The average Bonchev–Trinajstić information content (AvgIpc) is 2.08. The van der Waals surface area contributed by atoms with Crippen LogP contribution in [0.25, 0.3) is 0 Å². The maximum absolute atomic E-state index is 5.54. The molecule has 0 N–H and O–H groups in total. The van der Waals surface area contributed by atoms with Crippen LogP contribution in [0, 0.1) is 0 Å². The average molecular weight is 141 g/mol. The number of fused-ring (bicyclic) bond motifs is 3. The molecule has 3 heterocycles. The molecule has 0 amide bonds. The lowest BCUT2D eigenvalue weighted by Crippen LogP contribution is -2.53. The lowest BCUT2D eigenvalue weighted by Gasteiger charge is -2.47. The minimum absolute atomic E-state index is 0.286. The van der Waals surface area contributed by atoms with Gasteiger partial charge in [-0.2, -0.15) is 0 Å². The van der Waals surface area contributed by atoms with Gasteiger partial charge >= 0.3 is 0 Å². The van der Waals surface area contributed by atoms with E-state index in [1.165, 1.54) is 38.9 Å². The van der Waals surface area contributed by atoms with E-state index in [-0.39, 0.29) is 5.60 Å². The number of hydrogen-bond acceptors (Lipinski definition) is 2. The molecule has 0 aliphatic carbocycles. The van der Waals surface area contributed by atoms with Crippen molar-refractivity contribution in [2.75, 3.05) is 26.7 Å². The van der Waals surface area contributed by atoms with Crippen LogP contribution in [0.2, 0.25) is 0 Å². The van der Waals surface area contributed by atoms with Crippen molar-refractivity contribution in [3.63, 3.8) is 0 Å². The number of methoxy groups -OCH3 is 1. The van der Waals surface area contributed by atoms with Gasteiger partial charge in [0.05, 0.1) is 5.60 Å². The molecule has 3 fully saturated rings. The Bertz CT molecular complexity index is 113. The summed E-state index contributed by atoms with van der Waals surface area (Å²) in [5.74, 6) is 0. The molecule has 0 unspecified atom stereocenters. The van der Waals surface area contributed by atoms with Crippen molar-refractivity contribution < 1.29 is 4.74 Å². The van der Waals surface area contributed by atoms with Crippen LogP contribution < -0.4 is 0 Å². The molecule has 0 aromatic heterocycles. The summed E-state index contributed by atoms with van der Waals surface area (Å²) in [6.07, 6.45) is 3.76. The van der Waals surface area contributed by atoms with Gasteiger partial charge in [-0.1, -0.05) is 0 Å². The molecule has 0 spiro atoms. The Labute approximate surface area is 62.2 Å². The van der Waals surface area contributed by atoms with Crippen molar-refractivity contribution in [1.82, 2.24) is 4.90 Å². The Morgan fingerprint density at radius 2 is 1.60 bits per heavy atom. The van der Waals surface area contributed by atoms with E-state index in [0.717, 1.165) is 0 Å². The number of hydrogen-bond donors (Lipinski definition) is 0. The maximum atomic E-state index is 5.54. The maximum Gasteiger partial charge on any atom is 0.0715 e. The number of piperidine rings is 3. The monoisotopic (exact) mass is 141 g/mol. The van der Waals surface area contributed by atoms with E-state index in [9.17, 15) is 0 Å². The van der Waals surface area contributed by atoms with Gasteiger partial charge in [-0.25, -0.2) is 0 Å². The third kappa shape index (κ3) is 0.867. The Hall–Kier alpha value is -0.0800. The van der Waals surface area contributed by atoms with Crippen LogP contribution in [-0.4, -0.2) is 37.2 Å². The van der Waals surface area contributed by atoms with Gasteiger partial charge in [0.25, 0.3) is 0 Å². The van der Waals surface area contributed by atoms with E-state index in [1.807, 2.05) is 7.11 Å². The van der Waals surface area contributed by atoms with Gasteiger partial charge < -0.3 is 9.64 Å². The third-order valence-corrected chi connectivity index (χ3v) is 3.08. The first-order valence-electron chi connectivity index (χ1n) is 4.12. The Morgan fingerprint density at radius 3 is 1.90 bits per heavy atom. The number of rotatable bonds is 1. The van der Waals surface area contributed by atoms with Gasteiger partial charge in [0, 0.05) is 26.7 Å². The lowest BCUT2D eigenvalue weighted by atomic mass is 9.83. The van der Waals surface area contributed by atoms with Gasteiger partial charge in [-0.15, -0.1) is 0 Å². The second-order valence-electron chi connectivity index (χ2n) is 3.48. The standard InChI is InChI=1S/C8H15NO/c1-10-8-2-5-9(6-3-8)7-4-8/h2-7H2,1H3. The Morgan fingerprint density at radius 1 is 1.10 bits per heavy atom. The summed E-state index contributed by atoms with van der Waals surface area (Å²) < 4.78 is 5.54. The SMILES string of the molecule is COC12CCN(CC1)CC2. The Balaban J connectivity index is 2.08. The second kappa shape index (κ2) is 2.21. The van der Waals surface area contributed by atoms with Gasteiger partial charge in [-0.05, 0) is 19.3 Å². The molecular formula is C8H15NO. The predicted molar refractivity (Wildman–Crippen MR) is 40.0 cm³/mol. The van der Waals surface area contributed by atoms with Gasteiger partial charge in [0.1, 0.15) is 0 Å². The quantitative estimate of drug-likeness (QED) is 0.537. The molecule has 0 aromatic carbocycles. The van der Waals surface area contributed by atoms with Gasteiger partial charge in [0.15, 0.2) is 0 Å². The van der Waals surface area contributed by atoms with Crippen molar-refractivity contribution in [3.05, 3.63) is 0 Å². The summed E-state index contributed by atoms with van der Waals surface area (Å²) in [6.45, 7) is 3.77. The van der Waals surface area contributed by atoms with E-state index in [2.05, 4.69) is 4.90 Å². The van der Waals surface area contributed by atoms with Crippen LogP contribution in [0.3, 0.4) is 0 Å². The zero-order valence-electron chi connectivity index (χ0n) is 6.60. The van der Waals surface area contributed by atoms with Crippen molar-refractivity contribution in [1.29, 1.82) is 0 Å². The highest BCUT2D eigenvalue weighted by atomic mass is 16.5. The highest BCUT2D eigenvalue weighted by Crippen LogP contribution is 2.34. The van der Waals surface area contributed by atoms with Crippen LogP contribution in [-0.2, 0) is 4.74 Å². The van der Waals surface area contributed by atoms with E-state index in [0.29, 0.717) is 0 Å². The largest absolute Gasteiger partial charge is 0.378 e. The molecule has 0 aromatic rings. The second-order valence-corrected chi connectivity index (χ2v) is 3.48. The Kier molecular flexibility index (Phi) is 1.46. The molecule has 3 saturated heterocycles. The summed E-state index contributed by atoms with van der Waals surface area (Å²) >= 11 is 0. The molecule has 10 heavy (non-hydrogen) atoms. The number of ether oxygens (including phenoxy) is 1. The molecule has 2 bridgehead atoms. The zero-order valence-corrected chi connectivity index (χ0v) is 6.60. The van der Waals surface area contributed by atoms with Crippen molar-refractivity contribution in [2.45, 2.75) is 24.9 Å². The minimum atomic E-state index is 0.286. The summed E-state index contributed by atoms with van der Waals surface area (Å²) in [5.41, 5.74) is 0.286. The minimum Gasteiger partial charge on any atom is -0.378 e. The summed E-state index contributed by atoms with van der Waals surface area (Å²) in [4.78, 5) is 2.53. The molecule has 2 nitrogen and oxygen atoms in total. The molecule has 58 valence electrons. The lowest BCUT2D eigenvalue weighted by molar-refractivity contribution is -0.0987. The van der Waals surface area contributed by atoms with Crippen LogP contribution in [0.4, 0.5) is 0 Å². The highest BCUT2D eigenvalue weighted by Gasteiger charge is 2.38. The third-order valence-electron chi connectivity index (χ3n) is 3.08. The fourth-order valence-corrected chi connectivity index (χ4v) is 2.10. The van der Waals surface area contributed by atoms with E-state index >= 15 is 0 Å². The van der Waals surface area contributed by atoms with Crippen LogP contribution >= 0.6 is 0 Å². The van der Waals surface area contributed by atoms with Crippen LogP contribution in [0.1, 0.15) is 19.3 Å². The van der Waals surface area contributed by atoms with Crippen molar-refractivity contribution in [2.24, 2.45) is 0 Å². The summed E-state index contributed by atoms with van der Waals surface area (Å²) in [7, 11) is 1.86. The van der Waals surface area contributed by atoms with Gasteiger partial charge in [-0.3, -0.25) is 0 Å². The predicted octanol–water partition coefficient (Wildman–Crippen LogP) is 0.871. The van der Waals surface area contributed by atoms with Crippen LogP contribution in [0.15, 0.2) is 0 Å². The summed E-state index contributed by atoms with van der Waals surface area (Å²) in [6, 6.07) is 0. The highest BCUT2D eigenvalue weighted by molar-refractivity contribution is 4.93. The van der Waals surface area contributed by atoms with Crippen molar-refractivity contribution in [3.8, 4) is 0 Å². The van der Waals surface area contributed by atoms with E-state index in [1.54, 1.807) is 0 Å². The molecular weight excluding hydrogens is 126 g/mol. The molecule has 0 radical (unpaired) electrons. The summed E-state index contributed by atoms with van der Waals surface area (Å²) in [5, 5.41) is 0.